The number of fused-ring (bicyclic) bond motifs is 1. The van der Waals surface area contributed by atoms with Crippen molar-refractivity contribution in [1.82, 2.24) is 5.32 Å². The molecule has 4 N–H and O–H groups in total. The molecule has 0 saturated heterocycles. The number of anilines is 2. The summed E-state index contributed by atoms with van der Waals surface area (Å²) in [6, 6.07) is 9.09. The Balaban J connectivity index is 1.99. The van der Waals surface area contributed by atoms with Crippen LogP contribution >= 0.6 is 0 Å². The minimum Gasteiger partial charge on any atom is -0.351 e. The van der Waals surface area contributed by atoms with Gasteiger partial charge in [0.25, 0.3) is 17.5 Å². The lowest BCUT2D eigenvalue weighted by Crippen LogP contribution is -2.50. The van der Waals surface area contributed by atoms with Crippen LogP contribution in [-0.4, -0.2) is 41.8 Å². The maximum absolute atomic E-state index is 13.2. The van der Waals surface area contributed by atoms with Crippen LogP contribution in [0.5, 0.6) is 0 Å². The molecule has 1 heterocycles. The van der Waals surface area contributed by atoms with Crippen molar-refractivity contribution in [3.05, 3.63) is 63.7 Å². The number of nitro benzene ring substituents is 1. The van der Waals surface area contributed by atoms with Crippen LogP contribution in [0.4, 0.5) is 17.1 Å². The van der Waals surface area contributed by atoms with Gasteiger partial charge in [-0.3, -0.25) is 29.4 Å². The Bertz CT molecular complexity index is 1010. The third-order valence-electron chi connectivity index (χ3n) is 4.75. The minimum atomic E-state index is -0.753. The predicted octanol–water partition coefficient (Wildman–Crippen LogP) is 1.66. The van der Waals surface area contributed by atoms with E-state index in [0.29, 0.717) is 36.4 Å². The van der Waals surface area contributed by atoms with Gasteiger partial charge in [-0.25, -0.2) is 0 Å². The zero-order chi connectivity index (χ0) is 21.8. The summed E-state index contributed by atoms with van der Waals surface area (Å²) >= 11 is 0. The fourth-order valence-corrected chi connectivity index (χ4v) is 3.26. The van der Waals surface area contributed by atoms with Crippen LogP contribution in [0.15, 0.2) is 42.5 Å². The Kier molecular flexibility index (Phi) is 6.07. The molecule has 10 nitrogen and oxygen atoms in total. The molecule has 0 spiro atoms. The van der Waals surface area contributed by atoms with Gasteiger partial charge in [-0.05, 0) is 36.8 Å². The van der Waals surface area contributed by atoms with Crippen molar-refractivity contribution in [3.63, 3.8) is 0 Å². The van der Waals surface area contributed by atoms with Crippen LogP contribution in [-0.2, 0) is 4.79 Å². The zero-order valence-corrected chi connectivity index (χ0v) is 16.3. The van der Waals surface area contributed by atoms with E-state index in [2.05, 4.69) is 10.6 Å². The van der Waals surface area contributed by atoms with Crippen molar-refractivity contribution in [1.29, 1.82) is 0 Å². The van der Waals surface area contributed by atoms with Gasteiger partial charge in [-0.1, -0.05) is 6.92 Å². The second-order valence-corrected chi connectivity index (χ2v) is 6.67. The van der Waals surface area contributed by atoms with Gasteiger partial charge in [0.05, 0.1) is 16.3 Å². The molecule has 30 heavy (non-hydrogen) atoms. The van der Waals surface area contributed by atoms with E-state index < -0.39 is 16.9 Å². The smallest absolute Gasteiger partial charge is 0.269 e. The number of hydrogen-bond acceptors (Lipinski definition) is 6. The predicted molar refractivity (Wildman–Crippen MR) is 110 cm³/mol. The van der Waals surface area contributed by atoms with E-state index in [-0.39, 0.29) is 23.1 Å². The van der Waals surface area contributed by atoms with Gasteiger partial charge in [-0.15, -0.1) is 0 Å². The van der Waals surface area contributed by atoms with Gasteiger partial charge in [0.2, 0.25) is 5.91 Å². The molecule has 0 aliphatic carbocycles. The number of hydrogen-bond donors (Lipinski definition) is 3. The normalized spacial score (nSPS) is 15.2. The lowest BCUT2D eigenvalue weighted by Gasteiger charge is -2.36. The highest BCUT2D eigenvalue weighted by atomic mass is 16.6. The van der Waals surface area contributed by atoms with Crippen molar-refractivity contribution in [3.8, 4) is 0 Å². The molecule has 2 aromatic carbocycles. The van der Waals surface area contributed by atoms with E-state index >= 15 is 0 Å². The molecule has 0 bridgehead atoms. The summed E-state index contributed by atoms with van der Waals surface area (Å²) in [4.78, 5) is 49.7. The average Bonchev–Trinajstić information content (AvgIpc) is 2.75. The van der Waals surface area contributed by atoms with Crippen molar-refractivity contribution < 1.29 is 19.3 Å². The van der Waals surface area contributed by atoms with E-state index in [1.807, 2.05) is 0 Å². The molecule has 0 fully saturated rings. The number of carbonyl (C=O) groups is 3. The van der Waals surface area contributed by atoms with E-state index in [9.17, 15) is 24.5 Å². The number of nitro groups is 1. The fraction of sp³-hybridized carbons (Fsp3) is 0.250. The second kappa shape index (κ2) is 8.70. The van der Waals surface area contributed by atoms with Crippen molar-refractivity contribution >= 4 is 34.8 Å². The number of nitrogens with zero attached hydrogens (tertiary/aromatic N) is 2. The molecule has 10 heteroatoms. The molecular weight excluding hydrogens is 390 g/mol. The number of benzene rings is 2. The van der Waals surface area contributed by atoms with Gasteiger partial charge < -0.3 is 16.4 Å². The first-order valence-electron chi connectivity index (χ1n) is 9.38. The van der Waals surface area contributed by atoms with Crippen LogP contribution in [0.2, 0.25) is 0 Å². The highest BCUT2D eigenvalue weighted by Crippen LogP contribution is 2.35. The summed E-state index contributed by atoms with van der Waals surface area (Å²) < 4.78 is 0. The summed E-state index contributed by atoms with van der Waals surface area (Å²) in [5.41, 5.74) is 6.57. The number of amides is 3. The van der Waals surface area contributed by atoms with Gasteiger partial charge >= 0.3 is 0 Å². The lowest BCUT2D eigenvalue weighted by molar-refractivity contribution is -0.384. The molecule has 156 valence electrons. The maximum Gasteiger partial charge on any atom is 0.269 e. The molecule has 0 saturated carbocycles. The molecule has 1 aliphatic rings. The first-order valence-corrected chi connectivity index (χ1v) is 9.38. The lowest BCUT2D eigenvalue weighted by atomic mass is 10.0. The Morgan fingerprint density at radius 3 is 2.47 bits per heavy atom. The standard InChI is InChI=1S/C20H21N5O5/c1-2-16-19(27)23-15-11-13(18(26)22-10-9-21)5-8-17(15)24(16)20(28)12-3-6-14(7-4-12)25(29)30/h3-8,11,16H,2,9-10,21H2,1H3,(H,22,26)(H,23,27). The summed E-state index contributed by atoms with van der Waals surface area (Å²) in [5.74, 6) is -1.18. The second-order valence-electron chi connectivity index (χ2n) is 6.67. The van der Waals surface area contributed by atoms with Gasteiger partial charge in [0, 0.05) is 36.3 Å². The Morgan fingerprint density at radius 1 is 1.20 bits per heavy atom. The van der Waals surface area contributed by atoms with Crippen LogP contribution in [0, 0.1) is 10.1 Å². The molecule has 1 aliphatic heterocycles. The van der Waals surface area contributed by atoms with Crippen LogP contribution in [0.25, 0.3) is 0 Å². The van der Waals surface area contributed by atoms with Gasteiger partial charge in [-0.2, -0.15) is 0 Å². The van der Waals surface area contributed by atoms with E-state index in [4.69, 9.17) is 5.73 Å². The zero-order valence-electron chi connectivity index (χ0n) is 16.3. The largest absolute Gasteiger partial charge is 0.351 e. The third-order valence-corrected chi connectivity index (χ3v) is 4.75. The summed E-state index contributed by atoms with van der Waals surface area (Å²) in [7, 11) is 0. The van der Waals surface area contributed by atoms with Gasteiger partial charge in [0.15, 0.2) is 0 Å². The SMILES string of the molecule is CCC1C(=O)Nc2cc(C(=O)NCCN)ccc2N1C(=O)c1ccc([N+](=O)[O-])cc1. The molecule has 3 amide bonds. The first kappa shape index (κ1) is 20.9. The number of nitrogens with one attached hydrogen (secondary N) is 2. The molecule has 2 aromatic rings. The van der Waals surface area contributed by atoms with Crippen molar-refractivity contribution in [2.45, 2.75) is 19.4 Å². The number of nitrogens with two attached hydrogens (primary N) is 1. The number of carbonyl (C=O) groups excluding carboxylic acids is 3. The Morgan fingerprint density at radius 2 is 1.87 bits per heavy atom. The summed E-state index contributed by atoms with van der Waals surface area (Å²) in [6.45, 7) is 2.38. The van der Waals surface area contributed by atoms with E-state index in [1.54, 1.807) is 19.1 Å². The van der Waals surface area contributed by atoms with Crippen LogP contribution in [0.1, 0.15) is 34.1 Å². The Labute approximate surface area is 172 Å². The summed E-state index contributed by atoms with van der Waals surface area (Å²) in [5, 5.41) is 16.3. The van der Waals surface area contributed by atoms with Crippen molar-refractivity contribution in [2.24, 2.45) is 5.73 Å². The average molecular weight is 411 g/mol. The first-order chi connectivity index (χ1) is 14.4. The monoisotopic (exact) mass is 411 g/mol. The van der Waals surface area contributed by atoms with Crippen molar-refractivity contribution in [2.75, 3.05) is 23.3 Å². The van der Waals surface area contributed by atoms with Crippen LogP contribution < -0.4 is 21.3 Å². The molecule has 3 rings (SSSR count). The Hall–Kier alpha value is -3.79. The fourth-order valence-electron chi connectivity index (χ4n) is 3.26. The highest BCUT2D eigenvalue weighted by Gasteiger charge is 2.36. The molecule has 0 aromatic heterocycles. The molecular formula is C20H21N5O5. The van der Waals surface area contributed by atoms with E-state index in [0.717, 1.165) is 0 Å². The quantitative estimate of drug-likeness (QED) is 0.486. The maximum atomic E-state index is 13.2. The number of non-ortho nitro benzene ring substituents is 1. The van der Waals surface area contributed by atoms with E-state index in [1.165, 1.54) is 35.2 Å². The minimum absolute atomic E-state index is 0.136. The summed E-state index contributed by atoms with van der Waals surface area (Å²) in [6.07, 6.45) is 0.364. The molecule has 1 unspecified atom stereocenters. The third kappa shape index (κ3) is 3.98. The topological polar surface area (TPSA) is 148 Å². The van der Waals surface area contributed by atoms with Gasteiger partial charge in [0.1, 0.15) is 6.04 Å². The van der Waals surface area contributed by atoms with Crippen LogP contribution in [0.3, 0.4) is 0 Å². The molecule has 0 radical (unpaired) electrons. The molecule has 1 atom stereocenters. The highest BCUT2D eigenvalue weighted by molar-refractivity contribution is 6.17. The number of rotatable bonds is 6.